The summed E-state index contributed by atoms with van der Waals surface area (Å²) in [4.78, 5) is 14.5. The molecule has 0 bridgehead atoms. The van der Waals surface area contributed by atoms with Gasteiger partial charge in [0, 0.05) is 0 Å². The van der Waals surface area contributed by atoms with E-state index in [-0.39, 0.29) is 18.3 Å². The molecule has 0 radical (unpaired) electrons. The number of ether oxygens (including phenoxy) is 6. The van der Waals surface area contributed by atoms with Crippen molar-refractivity contribution in [2.45, 2.75) is 197 Å². The van der Waals surface area contributed by atoms with Gasteiger partial charge in [-0.25, -0.2) is 4.18 Å². The van der Waals surface area contributed by atoms with Crippen LogP contribution in [-0.2, 0) is 47.8 Å². The highest BCUT2D eigenvalue weighted by molar-refractivity contribution is 7.80. The van der Waals surface area contributed by atoms with Crippen LogP contribution in [0.25, 0.3) is 0 Å². The van der Waals surface area contributed by atoms with E-state index in [9.17, 15) is 48.4 Å². The Bertz CT molecular complexity index is 1820. The van der Waals surface area contributed by atoms with E-state index in [0.29, 0.717) is 32.1 Å². The zero-order valence-electron chi connectivity index (χ0n) is 35.1. The summed E-state index contributed by atoms with van der Waals surface area (Å²) in [6.45, 7) is 15.1. The molecule has 0 amide bonds. The summed E-state index contributed by atoms with van der Waals surface area (Å²) in [5.41, 5.74) is -5.89. The van der Waals surface area contributed by atoms with Gasteiger partial charge in [-0.2, -0.15) is 8.42 Å². The zero-order valence-corrected chi connectivity index (χ0v) is 36.0. The van der Waals surface area contributed by atoms with Gasteiger partial charge in [-0.15, -0.1) is 0 Å². The highest BCUT2D eigenvalue weighted by atomic mass is 32.3. The van der Waals surface area contributed by atoms with Gasteiger partial charge in [0.2, 0.25) is 0 Å². The van der Waals surface area contributed by atoms with Crippen LogP contribution in [-0.4, -0.2) is 147 Å². The minimum atomic E-state index is -5.04. The van der Waals surface area contributed by atoms with E-state index in [4.69, 9.17) is 28.4 Å². The maximum absolute atomic E-state index is 14.5. The van der Waals surface area contributed by atoms with E-state index in [1.807, 2.05) is 26.8 Å². The Morgan fingerprint density at radius 3 is 2.15 bits per heavy atom. The van der Waals surface area contributed by atoms with Crippen molar-refractivity contribution in [3.05, 3.63) is 11.6 Å². The minimum Gasteiger partial charge on any atom is -0.453 e. The molecule has 3 saturated carbocycles. The topological polar surface area (TPSA) is 257 Å². The van der Waals surface area contributed by atoms with Crippen LogP contribution in [0.15, 0.2) is 11.6 Å². The average molecular weight is 861 g/mol. The summed E-state index contributed by atoms with van der Waals surface area (Å²) >= 11 is 0. The van der Waals surface area contributed by atoms with Crippen LogP contribution in [0, 0.1) is 33.5 Å². The molecule has 7 N–H and O–H groups in total. The molecule has 18 heteroatoms. The van der Waals surface area contributed by atoms with Gasteiger partial charge in [0.15, 0.2) is 18.2 Å². The monoisotopic (exact) mass is 860 g/mol. The predicted octanol–water partition coefficient (Wildman–Crippen LogP) is 1.43. The van der Waals surface area contributed by atoms with Gasteiger partial charge < -0.3 is 59.1 Å². The molecule has 8 aliphatic rings. The normalized spacial score (nSPS) is 54.1. The molecule has 4 saturated heterocycles. The third-order valence-corrected chi connectivity index (χ3v) is 17.4. The van der Waals surface area contributed by atoms with Crippen molar-refractivity contribution in [3.8, 4) is 0 Å². The summed E-state index contributed by atoms with van der Waals surface area (Å²) < 4.78 is 74.3. The lowest BCUT2D eigenvalue weighted by atomic mass is 9.40. The molecular formula is C41H64O17S. The van der Waals surface area contributed by atoms with E-state index in [1.165, 1.54) is 6.92 Å². The van der Waals surface area contributed by atoms with Gasteiger partial charge in [-0.3, -0.25) is 9.35 Å². The molecule has 336 valence electrons. The summed E-state index contributed by atoms with van der Waals surface area (Å²) in [6.07, 6.45) is -9.75. The van der Waals surface area contributed by atoms with Crippen molar-refractivity contribution < 1.29 is 81.0 Å². The van der Waals surface area contributed by atoms with Crippen LogP contribution in [0.3, 0.4) is 0 Å². The fourth-order valence-electron chi connectivity index (χ4n) is 13.7. The standard InChI is InChI=1S/C41H64O17S/c1-19-27(43)29(45)30(46)32(53-19)55-31-28(44)22(58-59(49,50)51)18-52-33(31)54-25-12-14-37(6)21-17-24(42)41-34(47)57-39(8,26-11-13-35(2,3)56-26)40(41,48)16-15-38(41,7)20(21)9-10-23(37)36(25,4)5/h17,19-20,22-33,42-46,48H,9-16,18H2,1-8H3,(H,49,50,51)/t19?,20?,22?,23?,24?,25?,26-,27?,28?,29?,30?,31?,32?,33?,37-,38+,39+,40+,41?/m1/s1. The van der Waals surface area contributed by atoms with Crippen molar-refractivity contribution >= 4 is 16.4 Å². The van der Waals surface area contributed by atoms with Crippen molar-refractivity contribution in [2.75, 3.05) is 6.61 Å². The fraction of sp³-hybridized carbons (Fsp3) is 0.927. The average Bonchev–Trinajstić information content (AvgIpc) is 3.70. The molecule has 0 aromatic heterocycles. The number of hydrogen-bond donors (Lipinski definition) is 7. The number of aliphatic hydroxyl groups excluding tert-OH is 5. The third-order valence-electron chi connectivity index (χ3n) is 16.9. The minimum absolute atomic E-state index is 0.0271. The van der Waals surface area contributed by atoms with Gasteiger partial charge >= 0.3 is 16.4 Å². The Balaban J connectivity index is 1.07. The molecule has 19 atom stereocenters. The van der Waals surface area contributed by atoms with Crippen molar-refractivity contribution in [1.82, 2.24) is 0 Å². The first-order valence-corrected chi connectivity index (χ1v) is 22.5. The molecule has 14 unspecified atom stereocenters. The molecule has 0 aromatic rings. The summed E-state index contributed by atoms with van der Waals surface area (Å²) in [5, 5.41) is 68.2. The molecule has 59 heavy (non-hydrogen) atoms. The lowest BCUT2D eigenvalue weighted by molar-refractivity contribution is -0.362. The van der Waals surface area contributed by atoms with Crippen molar-refractivity contribution in [3.63, 3.8) is 0 Å². The molecule has 4 aliphatic heterocycles. The molecule has 8 rings (SSSR count). The predicted molar refractivity (Wildman–Crippen MR) is 203 cm³/mol. The quantitative estimate of drug-likeness (QED) is 0.0827. The number of rotatable bonds is 7. The maximum atomic E-state index is 14.5. The van der Waals surface area contributed by atoms with E-state index in [2.05, 4.69) is 25.0 Å². The van der Waals surface area contributed by atoms with Gasteiger partial charge in [0.1, 0.15) is 53.7 Å². The van der Waals surface area contributed by atoms with E-state index >= 15 is 0 Å². The largest absolute Gasteiger partial charge is 0.453 e. The Morgan fingerprint density at radius 2 is 1.51 bits per heavy atom. The summed E-state index contributed by atoms with van der Waals surface area (Å²) in [6, 6.07) is 0. The van der Waals surface area contributed by atoms with E-state index in [1.54, 1.807) is 6.92 Å². The second-order valence-corrected chi connectivity index (χ2v) is 21.7. The molecule has 1 spiro atoms. The lowest BCUT2D eigenvalue weighted by Crippen LogP contribution is -2.69. The van der Waals surface area contributed by atoms with Gasteiger partial charge in [0.25, 0.3) is 0 Å². The highest BCUT2D eigenvalue weighted by Crippen LogP contribution is 2.77. The molecule has 17 nitrogen and oxygen atoms in total. The smallest absolute Gasteiger partial charge is 0.397 e. The number of fused-ring (bicyclic) bond motifs is 4. The van der Waals surface area contributed by atoms with Crippen LogP contribution in [0.4, 0.5) is 0 Å². The van der Waals surface area contributed by atoms with Gasteiger partial charge in [-0.1, -0.05) is 39.3 Å². The summed E-state index contributed by atoms with van der Waals surface area (Å²) in [7, 11) is -5.04. The summed E-state index contributed by atoms with van der Waals surface area (Å²) in [5.74, 6) is -0.746. The van der Waals surface area contributed by atoms with Crippen LogP contribution in [0.2, 0.25) is 0 Å². The number of aliphatic hydroxyl groups is 6. The van der Waals surface area contributed by atoms with Gasteiger partial charge in [0.05, 0.1) is 30.5 Å². The first kappa shape index (κ1) is 44.3. The number of cyclic esters (lactones) is 1. The first-order chi connectivity index (χ1) is 27.2. The van der Waals surface area contributed by atoms with E-state index in [0.717, 1.165) is 18.4 Å². The highest BCUT2D eigenvalue weighted by Gasteiger charge is 2.87. The first-order valence-electron chi connectivity index (χ1n) is 21.2. The Labute approximate surface area is 345 Å². The number of hydrogen-bond acceptors (Lipinski definition) is 16. The molecule has 7 fully saturated rings. The number of esters is 1. The van der Waals surface area contributed by atoms with E-state index < -0.39 is 135 Å². The molecule has 4 aliphatic carbocycles. The second kappa shape index (κ2) is 14.1. The van der Waals surface area contributed by atoms with Crippen LogP contribution in [0.5, 0.6) is 0 Å². The Hall–Kier alpha value is -1.36. The van der Waals surface area contributed by atoms with Crippen LogP contribution in [0.1, 0.15) is 107 Å². The van der Waals surface area contributed by atoms with Crippen molar-refractivity contribution in [1.29, 1.82) is 0 Å². The number of allylic oxidation sites excluding steroid dienone is 1. The molecule has 0 aromatic carbocycles. The van der Waals surface area contributed by atoms with Crippen LogP contribution >= 0.6 is 0 Å². The van der Waals surface area contributed by atoms with Gasteiger partial charge in [-0.05, 0) is 107 Å². The van der Waals surface area contributed by atoms with Crippen molar-refractivity contribution in [2.24, 2.45) is 33.5 Å². The fourth-order valence-corrected chi connectivity index (χ4v) is 14.2. The molecular weight excluding hydrogens is 797 g/mol. The second-order valence-electron chi connectivity index (χ2n) is 20.7. The maximum Gasteiger partial charge on any atom is 0.397 e. The number of carbonyl (C=O) groups excluding carboxylic acids is 1. The number of carbonyl (C=O) groups is 1. The SMILES string of the molecule is CC1OC(OC2C(OC3CC[C@]4(C)C5=CC(O)C67C(=O)O[C@@](C)([C@H]8CCC(C)(C)O8)[C@@]6(O)CC[C@@]7(C)C5CCC4C3(C)C)OCC(OS(=O)(=O)O)C2O)C(O)C(O)C1O. The third kappa shape index (κ3) is 6.16. The lowest BCUT2D eigenvalue weighted by Gasteiger charge is -2.64. The Kier molecular flexibility index (Phi) is 10.6. The zero-order chi connectivity index (χ0) is 43.3. The Morgan fingerprint density at radius 1 is 0.814 bits per heavy atom. The van der Waals surface area contributed by atoms with Crippen LogP contribution < -0.4 is 0 Å². The molecule has 4 heterocycles.